The van der Waals surface area contributed by atoms with Gasteiger partial charge in [-0.05, 0) is 52.6 Å². The molecule has 1 aliphatic rings. The molecule has 40 heavy (non-hydrogen) atoms. The first-order chi connectivity index (χ1) is 18.6. The number of hydrogen-bond donors (Lipinski definition) is 2. The van der Waals surface area contributed by atoms with Gasteiger partial charge in [-0.25, -0.2) is 0 Å². The molecule has 1 fully saturated rings. The van der Waals surface area contributed by atoms with Crippen molar-refractivity contribution in [1.82, 2.24) is 20.0 Å². The number of rotatable bonds is 16. The van der Waals surface area contributed by atoms with Gasteiger partial charge in [0.15, 0.2) is 0 Å². The highest BCUT2D eigenvalue weighted by atomic mass is 16.5. The molecule has 8 atom stereocenters. The molecule has 0 saturated carbocycles. The van der Waals surface area contributed by atoms with E-state index in [1.54, 1.807) is 35.6 Å². The lowest BCUT2D eigenvalue weighted by atomic mass is 9.89. The summed E-state index contributed by atoms with van der Waals surface area (Å²) in [5.41, 5.74) is 0. The predicted molar refractivity (Wildman–Crippen MR) is 154 cm³/mol. The number of methoxy groups -OCH3 is 2. The number of carbonyl (C=O) groups excluding carboxylic acids is 3. The van der Waals surface area contributed by atoms with Gasteiger partial charge in [-0.3, -0.25) is 24.1 Å². The highest BCUT2D eigenvalue weighted by Crippen LogP contribution is 2.29. The van der Waals surface area contributed by atoms with Crippen LogP contribution >= 0.6 is 0 Å². The van der Waals surface area contributed by atoms with Gasteiger partial charge < -0.3 is 29.7 Å². The summed E-state index contributed by atoms with van der Waals surface area (Å²) in [5, 5.41) is 12.5. The average Bonchev–Trinajstić information content (AvgIpc) is 3.39. The number of hydrogen-bond acceptors (Lipinski definition) is 7. The highest BCUT2D eigenvalue weighted by molar-refractivity contribution is 5.90. The minimum Gasteiger partial charge on any atom is -0.481 e. The van der Waals surface area contributed by atoms with Crippen LogP contribution in [0.3, 0.4) is 0 Å². The summed E-state index contributed by atoms with van der Waals surface area (Å²) in [6.45, 7) is 11.7. The molecule has 0 spiro atoms. The number of likely N-dealkylation sites (tertiary alicyclic amines) is 1. The van der Waals surface area contributed by atoms with Gasteiger partial charge in [-0.2, -0.15) is 0 Å². The Labute approximate surface area is 240 Å². The Balaban J connectivity index is 3.22. The van der Waals surface area contributed by atoms with Crippen molar-refractivity contribution in [2.75, 3.05) is 41.9 Å². The molecule has 11 nitrogen and oxygen atoms in total. The van der Waals surface area contributed by atoms with Crippen molar-refractivity contribution in [2.45, 2.75) is 104 Å². The summed E-state index contributed by atoms with van der Waals surface area (Å²) in [7, 11) is 8.35. The van der Waals surface area contributed by atoms with Crippen LogP contribution in [0, 0.1) is 17.8 Å². The Bertz CT molecular complexity index is 852. The lowest BCUT2D eigenvalue weighted by molar-refractivity contribution is -0.152. The zero-order chi connectivity index (χ0) is 30.9. The van der Waals surface area contributed by atoms with E-state index in [-0.39, 0.29) is 42.0 Å². The topological polar surface area (TPSA) is 129 Å². The van der Waals surface area contributed by atoms with Crippen molar-refractivity contribution < 1.29 is 33.8 Å². The Morgan fingerprint density at radius 2 is 1.62 bits per heavy atom. The van der Waals surface area contributed by atoms with E-state index >= 15 is 0 Å². The largest absolute Gasteiger partial charge is 0.481 e. The maximum atomic E-state index is 13.8. The second-order valence-electron chi connectivity index (χ2n) is 11.8. The molecule has 1 aliphatic heterocycles. The van der Waals surface area contributed by atoms with Gasteiger partial charge in [0, 0.05) is 27.8 Å². The summed E-state index contributed by atoms with van der Waals surface area (Å²) in [6.07, 6.45) is 0.983. The van der Waals surface area contributed by atoms with Crippen LogP contribution in [0.4, 0.5) is 0 Å². The van der Waals surface area contributed by atoms with Crippen LogP contribution in [0.1, 0.15) is 67.2 Å². The van der Waals surface area contributed by atoms with Crippen LogP contribution in [0.2, 0.25) is 0 Å². The van der Waals surface area contributed by atoms with Gasteiger partial charge in [-0.1, -0.05) is 34.1 Å². The van der Waals surface area contributed by atoms with Crippen LogP contribution in [0.25, 0.3) is 0 Å². The van der Waals surface area contributed by atoms with E-state index in [1.807, 2.05) is 41.8 Å². The molecule has 0 aliphatic carbocycles. The number of ether oxygens (including phenoxy) is 2. The predicted octanol–water partition coefficient (Wildman–Crippen LogP) is 2.08. The van der Waals surface area contributed by atoms with Gasteiger partial charge in [0.2, 0.25) is 17.7 Å². The van der Waals surface area contributed by atoms with E-state index in [0.717, 1.165) is 12.8 Å². The fourth-order valence-electron chi connectivity index (χ4n) is 5.54. The molecule has 0 bridgehead atoms. The first-order valence-electron chi connectivity index (χ1n) is 14.5. The van der Waals surface area contributed by atoms with E-state index in [1.165, 1.54) is 14.2 Å². The summed E-state index contributed by atoms with van der Waals surface area (Å²) >= 11 is 0. The van der Waals surface area contributed by atoms with Gasteiger partial charge >= 0.3 is 5.97 Å². The molecular formula is C29H54N4O7. The number of nitrogens with zero attached hydrogens (tertiary/aromatic N) is 3. The van der Waals surface area contributed by atoms with Gasteiger partial charge in [0.25, 0.3) is 0 Å². The molecule has 3 amide bonds. The van der Waals surface area contributed by atoms with E-state index in [0.29, 0.717) is 13.0 Å². The van der Waals surface area contributed by atoms with Gasteiger partial charge in [-0.15, -0.1) is 0 Å². The minimum atomic E-state index is -0.968. The third kappa shape index (κ3) is 8.88. The van der Waals surface area contributed by atoms with Crippen molar-refractivity contribution in [1.29, 1.82) is 0 Å². The van der Waals surface area contributed by atoms with Crippen molar-refractivity contribution in [2.24, 2.45) is 17.8 Å². The third-order valence-corrected chi connectivity index (χ3v) is 8.62. The SMILES string of the molecule is CC[C@H](C)[C@@H]([C@@H](CC(=O)N1CCC[C@H]1[C@H](OC)[C@@H](C)C(=O)O)OC)N(C)C(=O)[C@@H](NC(=O)[C@@H](C)N(C)C)C(C)C. The molecule has 11 heteroatoms. The molecule has 1 heterocycles. The first kappa shape index (κ1) is 35.8. The molecule has 0 aromatic heterocycles. The molecule has 0 unspecified atom stereocenters. The molecule has 1 rings (SSSR count). The number of carboxylic acid groups (broad SMARTS) is 1. The molecule has 0 aromatic rings. The zero-order valence-corrected chi connectivity index (χ0v) is 26.5. The van der Waals surface area contributed by atoms with Gasteiger partial charge in [0.1, 0.15) is 6.04 Å². The number of aliphatic carboxylic acids is 1. The molecule has 232 valence electrons. The van der Waals surface area contributed by atoms with Gasteiger partial charge in [0.05, 0.1) is 42.7 Å². The van der Waals surface area contributed by atoms with Crippen molar-refractivity contribution >= 4 is 23.7 Å². The second-order valence-corrected chi connectivity index (χ2v) is 11.8. The van der Waals surface area contributed by atoms with E-state index in [2.05, 4.69) is 5.32 Å². The molecule has 0 aromatic carbocycles. The molecule has 1 saturated heterocycles. The maximum absolute atomic E-state index is 13.8. The minimum absolute atomic E-state index is 0.00374. The summed E-state index contributed by atoms with van der Waals surface area (Å²) in [6, 6.07) is -1.90. The zero-order valence-electron chi connectivity index (χ0n) is 26.5. The number of amides is 3. The standard InChI is InChI=1S/C29H54N4O7/c1-12-18(4)25(32(9)28(36)24(17(2)3)30-27(35)20(6)31(7)8)22(39-10)16-23(34)33-15-13-14-21(33)26(40-11)19(5)29(37)38/h17-22,24-26H,12-16H2,1-11H3,(H,30,35)(H,37,38)/t18-,19+,20+,21-,22+,24-,25-,26+/m0/s1. The van der Waals surface area contributed by atoms with E-state index in [9.17, 15) is 24.3 Å². The van der Waals surface area contributed by atoms with E-state index < -0.39 is 42.2 Å². The molecule has 0 radical (unpaired) electrons. The monoisotopic (exact) mass is 570 g/mol. The first-order valence-corrected chi connectivity index (χ1v) is 14.5. The number of nitrogens with one attached hydrogen (secondary N) is 1. The average molecular weight is 571 g/mol. The van der Waals surface area contributed by atoms with Crippen LogP contribution in [0.5, 0.6) is 0 Å². The fourth-order valence-corrected chi connectivity index (χ4v) is 5.54. The van der Waals surface area contributed by atoms with Crippen LogP contribution in [-0.4, -0.2) is 122 Å². The number of carbonyl (C=O) groups is 4. The van der Waals surface area contributed by atoms with Crippen LogP contribution < -0.4 is 5.32 Å². The third-order valence-electron chi connectivity index (χ3n) is 8.62. The lowest BCUT2D eigenvalue weighted by Gasteiger charge is -2.41. The highest BCUT2D eigenvalue weighted by Gasteiger charge is 2.42. The Morgan fingerprint density at radius 1 is 1.02 bits per heavy atom. The van der Waals surface area contributed by atoms with Crippen LogP contribution in [-0.2, 0) is 28.7 Å². The number of likely N-dealkylation sites (N-methyl/N-ethyl adjacent to an activating group) is 2. The summed E-state index contributed by atoms with van der Waals surface area (Å²) < 4.78 is 11.4. The summed E-state index contributed by atoms with van der Waals surface area (Å²) in [4.78, 5) is 57.1. The molecular weight excluding hydrogens is 516 g/mol. The Hall–Kier alpha value is -2.24. The normalized spacial score (nSPS) is 20.9. The van der Waals surface area contributed by atoms with Crippen molar-refractivity contribution in [3.8, 4) is 0 Å². The molecule has 2 N–H and O–H groups in total. The number of carboxylic acids is 1. The summed E-state index contributed by atoms with van der Waals surface area (Å²) in [5.74, 6) is -2.50. The van der Waals surface area contributed by atoms with Crippen molar-refractivity contribution in [3.05, 3.63) is 0 Å². The maximum Gasteiger partial charge on any atom is 0.308 e. The fraction of sp³-hybridized carbons (Fsp3) is 0.862. The second kappa shape index (κ2) is 16.3. The smallest absolute Gasteiger partial charge is 0.308 e. The van der Waals surface area contributed by atoms with E-state index in [4.69, 9.17) is 9.47 Å². The Morgan fingerprint density at radius 3 is 2.08 bits per heavy atom. The quantitative estimate of drug-likeness (QED) is 0.289. The Kier molecular flexibility index (Phi) is 14.6. The lowest BCUT2D eigenvalue weighted by Crippen LogP contribution is -2.59. The van der Waals surface area contributed by atoms with Crippen LogP contribution in [0.15, 0.2) is 0 Å². The van der Waals surface area contributed by atoms with Crippen molar-refractivity contribution in [3.63, 3.8) is 0 Å².